The zero-order chi connectivity index (χ0) is 10.7. The molecule has 3 atom stereocenters. The summed E-state index contributed by atoms with van der Waals surface area (Å²) < 4.78 is 0. The SMILES string of the molecule is CC1CCC(N(C)CC2CCCNC2)C1. The second kappa shape index (κ2) is 5.31. The topological polar surface area (TPSA) is 15.3 Å². The van der Waals surface area contributed by atoms with Gasteiger partial charge in [0.1, 0.15) is 0 Å². The summed E-state index contributed by atoms with van der Waals surface area (Å²) in [7, 11) is 2.33. The largest absolute Gasteiger partial charge is 0.316 e. The first-order valence-corrected chi connectivity index (χ1v) is 6.66. The maximum atomic E-state index is 3.51. The van der Waals surface area contributed by atoms with Crippen LogP contribution in [-0.2, 0) is 0 Å². The second-order valence-electron chi connectivity index (χ2n) is 5.72. The molecule has 1 N–H and O–H groups in total. The highest BCUT2D eigenvalue weighted by atomic mass is 15.1. The minimum absolute atomic E-state index is 0.877. The summed E-state index contributed by atoms with van der Waals surface area (Å²) in [6.45, 7) is 6.19. The molecule has 0 spiro atoms. The number of nitrogens with one attached hydrogen (secondary N) is 1. The number of rotatable bonds is 3. The van der Waals surface area contributed by atoms with Gasteiger partial charge in [0.25, 0.3) is 0 Å². The van der Waals surface area contributed by atoms with Crippen LogP contribution >= 0.6 is 0 Å². The molecular formula is C13H26N2. The van der Waals surface area contributed by atoms with Crippen molar-refractivity contribution in [3.05, 3.63) is 0 Å². The summed E-state index contributed by atoms with van der Waals surface area (Å²) in [6, 6.07) is 0.877. The van der Waals surface area contributed by atoms with E-state index >= 15 is 0 Å². The predicted octanol–water partition coefficient (Wildman–Crippen LogP) is 2.11. The van der Waals surface area contributed by atoms with Crippen LogP contribution in [0.25, 0.3) is 0 Å². The Morgan fingerprint density at radius 2 is 2.13 bits per heavy atom. The Labute approximate surface area is 94.4 Å². The molecule has 2 nitrogen and oxygen atoms in total. The Bertz CT molecular complexity index is 187. The van der Waals surface area contributed by atoms with Gasteiger partial charge in [-0.15, -0.1) is 0 Å². The number of nitrogens with zero attached hydrogens (tertiary/aromatic N) is 1. The zero-order valence-electron chi connectivity index (χ0n) is 10.3. The predicted molar refractivity (Wildman–Crippen MR) is 65.0 cm³/mol. The van der Waals surface area contributed by atoms with Crippen molar-refractivity contribution in [3.8, 4) is 0 Å². The van der Waals surface area contributed by atoms with E-state index in [4.69, 9.17) is 0 Å². The highest BCUT2D eigenvalue weighted by Gasteiger charge is 2.26. The van der Waals surface area contributed by atoms with E-state index < -0.39 is 0 Å². The number of piperidine rings is 1. The van der Waals surface area contributed by atoms with Gasteiger partial charge in [0.15, 0.2) is 0 Å². The molecule has 3 unspecified atom stereocenters. The van der Waals surface area contributed by atoms with Crippen LogP contribution in [0.2, 0.25) is 0 Å². The molecule has 2 aliphatic rings. The summed E-state index contributed by atoms with van der Waals surface area (Å²) in [5.41, 5.74) is 0. The molecule has 2 fully saturated rings. The Morgan fingerprint density at radius 3 is 2.73 bits per heavy atom. The fourth-order valence-electron chi connectivity index (χ4n) is 3.21. The third kappa shape index (κ3) is 3.18. The maximum Gasteiger partial charge on any atom is 0.00949 e. The molecule has 0 bridgehead atoms. The van der Waals surface area contributed by atoms with E-state index in [1.54, 1.807) is 0 Å². The van der Waals surface area contributed by atoms with Gasteiger partial charge in [0.2, 0.25) is 0 Å². The summed E-state index contributed by atoms with van der Waals surface area (Å²) in [5, 5.41) is 3.51. The van der Waals surface area contributed by atoms with Crippen molar-refractivity contribution in [2.45, 2.75) is 45.1 Å². The number of hydrogen-bond donors (Lipinski definition) is 1. The summed E-state index contributed by atoms with van der Waals surface area (Å²) >= 11 is 0. The van der Waals surface area contributed by atoms with Gasteiger partial charge in [0, 0.05) is 12.6 Å². The van der Waals surface area contributed by atoms with E-state index in [2.05, 4.69) is 24.2 Å². The van der Waals surface area contributed by atoms with Crippen LogP contribution in [0, 0.1) is 11.8 Å². The van der Waals surface area contributed by atoms with E-state index in [-0.39, 0.29) is 0 Å². The fourth-order valence-corrected chi connectivity index (χ4v) is 3.21. The lowest BCUT2D eigenvalue weighted by molar-refractivity contribution is 0.187. The Kier molecular flexibility index (Phi) is 4.04. The smallest absolute Gasteiger partial charge is 0.00949 e. The average molecular weight is 210 g/mol. The molecule has 1 aliphatic carbocycles. The van der Waals surface area contributed by atoms with E-state index in [0.717, 1.165) is 17.9 Å². The van der Waals surface area contributed by atoms with Gasteiger partial charge in [-0.3, -0.25) is 0 Å². The third-order valence-electron chi connectivity index (χ3n) is 4.24. The monoisotopic (exact) mass is 210 g/mol. The first-order valence-electron chi connectivity index (χ1n) is 6.66. The molecule has 88 valence electrons. The van der Waals surface area contributed by atoms with Crippen LogP contribution in [0.4, 0.5) is 0 Å². The van der Waals surface area contributed by atoms with Gasteiger partial charge >= 0.3 is 0 Å². The molecule has 15 heavy (non-hydrogen) atoms. The molecule has 0 aromatic rings. The highest BCUT2D eigenvalue weighted by Crippen LogP contribution is 2.28. The summed E-state index contributed by atoms with van der Waals surface area (Å²) in [4.78, 5) is 2.63. The minimum atomic E-state index is 0.877. The van der Waals surface area contributed by atoms with Gasteiger partial charge in [-0.25, -0.2) is 0 Å². The van der Waals surface area contributed by atoms with Crippen molar-refractivity contribution in [2.75, 3.05) is 26.7 Å². The minimum Gasteiger partial charge on any atom is -0.316 e. The highest BCUT2D eigenvalue weighted by molar-refractivity contribution is 4.81. The maximum absolute atomic E-state index is 3.51. The lowest BCUT2D eigenvalue weighted by Gasteiger charge is -2.31. The summed E-state index contributed by atoms with van der Waals surface area (Å²) in [6.07, 6.45) is 7.10. The van der Waals surface area contributed by atoms with Crippen LogP contribution in [-0.4, -0.2) is 37.6 Å². The Morgan fingerprint density at radius 1 is 1.27 bits per heavy atom. The van der Waals surface area contributed by atoms with Crippen molar-refractivity contribution < 1.29 is 0 Å². The van der Waals surface area contributed by atoms with Crippen molar-refractivity contribution in [2.24, 2.45) is 11.8 Å². The van der Waals surface area contributed by atoms with Crippen LogP contribution in [0.1, 0.15) is 39.0 Å². The molecule has 0 aromatic carbocycles. The first-order chi connectivity index (χ1) is 7.25. The lowest BCUT2D eigenvalue weighted by atomic mass is 9.98. The molecular weight excluding hydrogens is 184 g/mol. The molecule has 1 aliphatic heterocycles. The molecule has 2 heteroatoms. The second-order valence-corrected chi connectivity index (χ2v) is 5.72. The first kappa shape index (κ1) is 11.4. The number of hydrogen-bond acceptors (Lipinski definition) is 2. The zero-order valence-corrected chi connectivity index (χ0v) is 10.3. The van der Waals surface area contributed by atoms with E-state index in [1.165, 1.54) is 51.7 Å². The van der Waals surface area contributed by atoms with Crippen LogP contribution in [0.5, 0.6) is 0 Å². The van der Waals surface area contributed by atoms with E-state index in [0.29, 0.717) is 0 Å². The molecule has 0 aromatic heterocycles. The molecule has 1 heterocycles. The normalized spacial score (nSPS) is 37.4. The van der Waals surface area contributed by atoms with Crippen LogP contribution in [0.3, 0.4) is 0 Å². The Hall–Kier alpha value is -0.0800. The molecule has 0 amide bonds. The molecule has 1 saturated carbocycles. The summed E-state index contributed by atoms with van der Waals surface area (Å²) in [5.74, 6) is 1.86. The average Bonchev–Trinajstić information content (AvgIpc) is 2.66. The van der Waals surface area contributed by atoms with E-state index in [1.807, 2.05) is 0 Å². The third-order valence-corrected chi connectivity index (χ3v) is 4.24. The van der Waals surface area contributed by atoms with Crippen molar-refractivity contribution in [1.82, 2.24) is 10.2 Å². The Balaban J connectivity index is 1.73. The van der Waals surface area contributed by atoms with Crippen LogP contribution in [0.15, 0.2) is 0 Å². The van der Waals surface area contributed by atoms with Gasteiger partial charge in [0.05, 0.1) is 0 Å². The van der Waals surface area contributed by atoms with Crippen molar-refractivity contribution >= 4 is 0 Å². The van der Waals surface area contributed by atoms with Gasteiger partial charge < -0.3 is 10.2 Å². The van der Waals surface area contributed by atoms with Crippen LogP contribution < -0.4 is 5.32 Å². The van der Waals surface area contributed by atoms with Crippen molar-refractivity contribution in [1.29, 1.82) is 0 Å². The molecule has 2 rings (SSSR count). The molecule has 1 saturated heterocycles. The van der Waals surface area contributed by atoms with Gasteiger partial charge in [-0.05, 0) is 64.1 Å². The lowest BCUT2D eigenvalue weighted by Crippen LogP contribution is -2.40. The van der Waals surface area contributed by atoms with E-state index in [9.17, 15) is 0 Å². The van der Waals surface area contributed by atoms with Crippen molar-refractivity contribution in [3.63, 3.8) is 0 Å². The van der Waals surface area contributed by atoms with Gasteiger partial charge in [-0.2, -0.15) is 0 Å². The quantitative estimate of drug-likeness (QED) is 0.767. The molecule has 0 radical (unpaired) electrons. The van der Waals surface area contributed by atoms with Gasteiger partial charge in [-0.1, -0.05) is 6.92 Å². The standard InChI is InChI=1S/C13H26N2/c1-11-5-6-13(8-11)15(2)10-12-4-3-7-14-9-12/h11-14H,3-10H2,1-2H3. The fraction of sp³-hybridized carbons (Fsp3) is 1.00.